The van der Waals surface area contributed by atoms with Crippen molar-refractivity contribution < 1.29 is 9.84 Å². The largest absolute Gasteiger partial charge is 0.486 e. The molecule has 0 aliphatic carbocycles. The number of aliphatic hydroxyl groups excluding tert-OH is 1. The summed E-state index contributed by atoms with van der Waals surface area (Å²) in [5.74, 6) is 1.29. The lowest BCUT2D eigenvalue weighted by atomic mass is 9.76. The summed E-state index contributed by atoms with van der Waals surface area (Å²) in [4.78, 5) is 0. The van der Waals surface area contributed by atoms with Gasteiger partial charge in [0.1, 0.15) is 11.4 Å². The van der Waals surface area contributed by atoms with Gasteiger partial charge in [0.15, 0.2) is 0 Å². The van der Waals surface area contributed by atoms with Gasteiger partial charge in [-0.2, -0.15) is 0 Å². The van der Waals surface area contributed by atoms with E-state index in [1.807, 2.05) is 19.1 Å². The number of hydrogen-bond donors (Lipinski definition) is 2. The zero-order chi connectivity index (χ0) is 12.8. The molecule has 2 heterocycles. The third kappa shape index (κ3) is 1.82. The van der Waals surface area contributed by atoms with Crippen molar-refractivity contribution in [2.24, 2.45) is 5.92 Å². The number of piperidine rings is 1. The normalized spacial score (nSPS) is 35.1. The molecular formula is C15H21NO2. The Morgan fingerprint density at radius 2 is 2.28 bits per heavy atom. The molecule has 0 amide bonds. The maximum Gasteiger partial charge on any atom is 0.125 e. The molecule has 1 saturated heterocycles. The highest BCUT2D eigenvalue weighted by molar-refractivity contribution is 5.41. The van der Waals surface area contributed by atoms with Crippen LogP contribution in [0.4, 0.5) is 0 Å². The molecule has 3 heteroatoms. The standard InChI is InChI=1S/C15H21NO2/c1-10-3-4-14-12(7-10)13(17)8-15(18-14)5-6-16-9-11(15)2/h3-4,7,11,13,16-17H,5-6,8-9H2,1-2H3/t11?,13-,15?/m0/s1. The second-order valence-corrected chi connectivity index (χ2v) is 5.78. The van der Waals surface area contributed by atoms with E-state index in [0.29, 0.717) is 12.3 Å². The maximum atomic E-state index is 10.4. The molecule has 3 atom stereocenters. The van der Waals surface area contributed by atoms with E-state index in [1.54, 1.807) is 0 Å². The zero-order valence-electron chi connectivity index (χ0n) is 11.1. The van der Waals surface area contributed by atoms with E-state index in [9.17, 15) is 5.11 Å². The summed E-state index contributed by atoms with van der Waals surface area (Å²) in [6.45, 7) is 6.19. The molecule has 1 aromatic carbocycles. The molecule has 0 saturated carbocycles. The average molecular weight is 247 g/mol. The number of ether oxygens (including phenoxy) is 1. The van der Waals surface area contributed by atoms with Gasteiger partial charge in [0.05, 0.1) is 6.10 Å². The molecule has 98 valence electrons. The van der Waals surface area contributed by atoms with E-state index in [4.69, 9.17) is 4.74 Å². The molecule has 3 rings (SSSR count). The Balaban J connectivity index is 1.98. The number of aliphatic hydroxyl groups is 1. The first-order valence-corrected chi connectivity index (χ1v) is 6.79. The third-order valence-corrected chi connectivity index (χ3v) is 4.45. The summed E-state index contributed by atoms with van der Waals surface area (Å²) in [6.07, 6.45) is 1.29. The summed E-state index contributed by atoms with van der Waals surface area (Å²) in [6, 6.07) is 6.10. The molecule has 2 aliphatic rings. The van der Waals surface area contributed by atoms with Crippen molar-refractivity contribution in [3.63, 3.8) is 0 Å². The maximum absolute atomic E-state index is 10.4. The molecule has 2 aliphatic heterocycles. The molecular weight excluding hydrogens is 226 g/mol. The monoisotopic (exact) mass is 247 g/mol. The molecule has 0 aromatic heterocycles. The SMILES string of the molecule is Cc1ccc2c(c1)[C@@H](O)CC1(CCNCC1C)O2. The Morgan fingerprint density at radius 1 is 1.44 bits per heavy atom. The molecule has 1 fully saturated rings. The van der Waals surface area contributed by atoms with Crippen LogP contribution in [0.25, 0.3) is 0 Å². The van der Waals surface area contributed by atoms with Gasteiger partial charge in [0.25, 0.3) is 0 Å². The molecule has 3 nitrogen and oxygen atoms in total. The number of fused-ring (bicyclic) bond motifs is 1. The van der Waals surface area contributed by atoms with Crippen molar-refractivity contribution >= 4 is 0 Å². The van der Waals surface area contributed by atoms with E-state index in [0.717, 1.165) is 30.8 Å². The van der Waals surface area contributed by atoms with Crippen LogP contribution < -0.4 is 10.1 Å². The van der Waals surface area contributed by atoms with E-state index >= 15 is 0 Å². The lowest BCUT2D eigenvalue weighted by Crippen LogP contribution is -2.55. The number of benzene rings is 1. The summed E-state index contributed by atoms with van der Waals surface area (Å²) in [5.41, 5.74) is 1.93. The second kappa shape index (κ2) is 4.25. The quantitative estimate of drug-likeness (QED) is 0.738. The van der Waals surface area contributed by atoms with E-state index in [1.165, 1.54) is 5.56 Å². The van der Waals surface area contributed by atoms with E-state index < -0.39 is 6.10 Å². The zero-order valence-corrected chi connectivity index (χ0v) is 11.1. The lowest BCUT2D eigenvalue weighted by molar-refractivity contribution is -0.0659. The minimum absolute atomic E-state index is 0.188. The molecule has 18 heavy (non-hydrogen) atoms. The Labute approximate surface area is 108 Å². The van der Waals surface area contributed by atoms with Gasteiger partial charge in [0.2, 0.25) is 0 Å². The van der Waals surface area contributed by atoms with Crippen LogP contribution >= 0.6 is 0 Å². The highest BCUT2D eigenvalue weighted by Gasteiger charge is 2.45. The van der Waals surface area contributed by atoms with Gasteiger partial charge in [-0.05, 0) is 32.0 Å². The van der Waals surface area contributed by atoms with Crippen LogP contribution in [0.5, 0.6) is 5.75 Å². The van der Waals surface area contributed by atoms with Crippen molar-refractivity contribution in [3.8, 4) is 5.75 Å². The molecule has 1 aromatic rings. The Bertz CT molecular complexity index is 460. The Hall–Kier alpha value is -1.06. The van der Waals surface area contributed by atoms with Crippen molar-refractivity contribution in [2.45, 2.75) is 38.4 Å². The van der Waals surface area contributed by atoms with Crippen LogP contribution in [0.15, 0.2) is 18.2 Å². The van der Waals surface area contributed by atoms with E-state index in [2.05, 4.69) is 18.3 Å². The number of aryl methyl sites for hydroxylation is 1. The van der Waals surface area contributed by atoms with Gasteiger partial charge in [-0.1, -0.05) is 18.6 Å². The van der Waals surface area contributed by atoms with Gasteiger partial charge in [-0.15, -0.1) is 0 Å². The molecule has 0 bridgehead atoms. The number of rotatable bonds is 0. The van der Waals surface area contributed by atoms with Crippen molar-refractivity contribution in [2.75, 3.05) is 13.1 Å². The lowest BCUT2D eigenvalue weighted by Gasteiger charge is -2.47. The van der Waals surface area contributed by atoms with Crippen LogP contribution in [0.1, 0.15) is 37.0 Å². The van der Waals surface area contributed by atoms with Gasteiger partial charge in [-0.25, -0.2) is 0 Å². The highest BCUT2D eigenvalue weighted by atomic mass is 16.5. The Kier molecular flexibility index (Phi) is 2.83. The molecule has 2 N–H and O–H groups in total. The van der Waals surface area contributed by atoms with Crippen LogP contribution in [-0.4, -0.2) is 23.8 Å². The topological polar surface area (TPSA) is 41.5 Å². The summed E-state index contributed by atoms with van der Waals surface area (Å²) < 4.78 is 6.30. The second-order valence-electron chi connectivity index (χ2n) is 5.78. The molecule has 1 spiro atoms. The van der Waals surface area contributed by atoms with Gasteiger partial charge < -0.3 is 15.2 Å². The highest BCUT2D eigenvalue weighted by Crippen LogP contribution is 2.45. The van der Waals surface area contributed by atoms with Crippen LogP contribution in [0.2, 0.25) is 0 Å². The first kappa shape index (κ1) is 12.0. The summed E-state index contributed by atoms with van der Waals surface area (Å²) in [5, 5.41) is 13.8. The minimum atomic E-state index is -0.394. The van der Waals surface area contributed by atoms with Crippen molar-refractivity contribution in [3.05, 3.63) is 29.3 Å². The Morgan fingerprint density at radius 3 is 3.06 bits per heavy atom. The number of nitrogens with one attached hydrogen (secondary N) is 1. The number of hydrogen-bond acceptors (Lipinski definition) is 3. The first-order chi connectivity index (χ1) is 8.61. The predicted molar refractivity (Wildman–Crippen MR) is 70.8 cm³/mol. The van der Waals surface area contributed by atoms with Crippen LogP contribution in [-0.2, 0) is 0 Å². The fraction of sp³-hybridized carbons (Fsp3) is 0.600. The predicted octanol–water partition coefficient (Wildman–Crippen LogP) is 2.18. The average Bonchev–Trinajstić information content (AvgIpc) is 2.34. The van der Waals surface area contributed by atoms with Gasteiger partial charge in [-0.3, -0.25) is 0 Å². The van der Waals surface area contributed by atoms with Crippen LogP contribution in [0.3, 0.4) is 0 Å². The first-order valence-electron chi connectivity index (χ1n) is 6.79. The minimum Gasteiger partial charge on any atom is -0.486 e. The van der Waals surface area contributed by atoms with Crippen molar-refractivity contribution in [1.82, 2.24) is 5.32 Å². The summed E-state index contributed by atoms with van der Waals surface area (Å²) in [7, 11) is 0. The van der Waals surface area contributed by atoms with E-state index in [-0.39, 0.29) is 5.60 Å². The third-order valence-electron chi connectivity index (χ3n) is 4.45. The fourth-order valence-electron chi connectivity index (χ4n) is 3.22. The van der Waals surface area contributed by atoms with Crippen molar-refractivity contribution in [1.29, 1.82) is 0 Å². The van der Waals surface area contributed by atoms with Gasteiger partial charge in [0, 0.05) is 24.4 Å². The van der Waals surface area contributed by atoms with Crippen LogP contribution in [0, 0.1) is 12.8 Å². The molecule has 0 radical (unpaired) electrons. The molecule has 2 unspecified atom stereocenters. The smallest absolute Gasteiger partial charge is 0.125 e. The van der Waals surface area contributed by atoms with Gasteiger partial charge >= 0.3 is 0 Å². The fourth-order valence-corrected chi connectivity index (χ4v) is 3.22. The summed E-state index contributed by atoms with van der Waals surface area (Å²) >= 11 is 0.